The molecule has 0 spiro atoms. The summed E-state index contributed by atoms with van der Waals surface area (Å²) in [6.45, 7) is 9.49. The molecule has 1 saturated heterocycles. The van der Waals surface area contributed by atoms with Gasteiger partial charge in [0.2, 0.25) is 0 Å². The van der Waals surface area contributed by atoms with Gasteiger partial charge in [-0.15, -0.1) is 4.91 Å². The number of carbonyl (C=O) groups is 1. The van der Waals surface area contributed by atoms with E-state index in [-0.39, 0.29) is 18.0 Å². The van der Waals surface area contributed by atoms with Crippen molar-refractivity contribution in [1.82, 2.24) is 9.88 Å². The molecule has 0 N–H and O–H groups in total. The number of aromatic nitrogens is 1. The Labute approximate surface area is 130 Å². The van der Waals surface area contributed by atoms with Gasteiger partial charge in [-0.1, -0.05) is 0 Å². The zero-order valence-corrected chi connectivity index (χ0v) is 13.4. The lowest BCUT2D eigenvalue weighted by Crippen LogP contribution is -2.54. The van der Waals surface area contributed by atoms with Gasteiger partial charge in [-0.25, -0.2) is 9.78 Å². The standard InChI is InChI=1S/C15H22N4O3/c1-11-10-18(14(20)22-15(2,3)4)7-8-19(11)12-5-6-13(17-21)16-9-12/h5-6,9,11H,7-8,10H2,1-4H3/t11-/m1/s1. The van der Waals surface area contributed by atoms with Crippen LogP contribution in [0.4, 0.5) is 16.3 Å². The Morgan fingerprint density at radius 2 is 2.09 bits per heavy atom. The average molecular weight is 306 g/mol. The van der Waals surface area contributed by atoms with Gasteiger partial charge in [-0.05, 0) is 45.0 Å². The monoisotopic (exact) mass is 306 g/mol. The Bertz CT molecular complexity index is 539. The molecule has 7 nitrogen and oxygen atoms in total. The maximum absolute atomic E-state index is 12.1. The Kier molecular flexibility index (Phi) is 4.63. The van der Waals surface area contributed by atoms with E-state index < -0.39 is 5.60 Å². The highest BCUT2D eigenvalue weighted by molar-refractivity contribution is 5.68. The van der Waals surface area contributed by atoms with E-state index in [0.717, 1.165) is 5.69 Å². The van der Waals surface area contributed by atoms with Crippen LogP contribution in [0.2, 0.25) is 0 Å². The van der Waals surface area contributed by atoms with Gasteiger partial charge < -0.3 is 14.5 Å². The average Bonchev–Trinajstić information content (AvgIpc) is 2.45. The number of hydrogen-bond acceptors (Lipinski definition) is 6. The fourth-order valence-electron chi connectivity index (χ4n) is 2.44. The second-order valence-corrected chi connectivity index (χ2v) is 6.43. The molecule has 0 bridgehead atoms. The quantitative estimate of drug-likeness (QED) is 0.785. The van der Waals surface area contributed by atoms with E-state index in [9.17, 15) is 9.70 Å². The number of hydrogen-bond donors (Lipinski definition) is 0. The molecule has 1 aliphatic rings. The summed E-state index contributed by atoms with van der Waals surface area (Å²) in [5.41, 5.74) is 0.433. The van der Waals surface area contributed by atoms with E-state index in [1.54, 1.807) is 17.2 Å². The Balaban J connectivity index is 2.00. The zero-order chi connectivity index (χ0) is 16.3. The highest BCUT2D eigenvalue weighted by Crippen LogP contribution is 2.22. The van der Waals surface area contributed by atoms with Crippen LogP contribution in [0.5, 0.6) is 0 Å². The van der Waals surface area contributed by atoms with Crippen LogP contribution in [-0.4, -0.2) is 47.3 Å². The molecule has 1 aromatic rings. The number of rotatable bonds is 2. The molecular weight excluding hydrogens is 284 g/mol. The van der Waals surface area contributed by atoms with E-state index in [1.165, 1.54) is 0 Å². The SMILES string of the molecule is C[C@@H]1CN(C(=O)OC(C)(C)C)CCN1c1ccc(N=O)nc1. The predicted octanol–water partition coefficient (Wildman–Crippen LogP) is 2.93. The van der Waals surface area contributed by atoms with E-state index >= 15 is 0 Å². The van der Waals surface area contributed by atoms with E-state index in [2.05, 4.69) is 15.1 Å². The van der Waals surface area contributed by atoms with Gasteiger partial charge in [0.1, 0.15) is 5.60 Å². The molecule has 2 heterocycles. The number of anilines is 1. The fourth-order valence-corrected chi connectivity index (χ4v) is 2.44. The summed E-state index contributed by atoms with van der Waals surface area (Å²) in [6, 6.07) is 3.55. The van der Waals surface area contributed by atoms with Crippen molar-refractivity contribution in [2.24, 2.45) is 5.18 Å². The van der Waals surface area contributed by atoms with Crippen molar-refractivity contribution in [2.75, 3.05) is 24.5 Å². The molecule has 0 aliphatic carbocycles. The van der Waals surface area contributed by atoms with Gasteiger partial charge in [-0.3, -0.25) is 0 Å². The van der Waals surface area contributed by atoms with Crippen LogP contribution in [0, 0.1) is 4.91 Å². The Morgan fingerprint density at radius 1 is 1.36 bits per heavy atom. The van der Waals surface area contributed by atoms with Gasteiger partial charge in [0.05, 0.1) is 11.9 Å². The number of nitroso groups, excluding NO2 is 1. The first-order chi connectivity index (χ1) is 10.3. The molecule has 1 atom stereocenters. The van der Waals surface area contributed by atoms with Crippen LogP contribution in [0.1, 0.15) is 27.7 Å². The van der Waals surface area contributed by atoms with Gasteiger partial charge in [0, 0.05) is 25.7 Å². The van der Waals surface area contributed by atoms with Crippen molar-refractivity contribution in [2.45, 2.75) is 39.3 Å². The van der Waals surface area contributed by atoms with E-state index in [4.69, 9.17) is 4.74 Å². The number of amides is 1. The number of pyridine rings is 1. The smallest absolute Gasteiger partial charge is 0.410 e. The third-order valence-electron chi connectivity index (χ3n) is 3.44. The van der Waals surface area contributed by atoms with Crippen LogP contribution in [0.25, 0.3) is 0 Å². The lowest BCUT2D eigenvalue weighted by Gasteiger charge is -2.41. The van der Waals surface area contributed by atoms with E-state index in [1.807, 2.05) is 33.8 Å². The van der Waals surface area contributed by atoms with Gasteiger partial charge in [0.25, 0.3) is 0 Å². The number of piperazine rings is 1. The molecule has 0 radical (unpaired) electrons. The lowest BCUT2D eigenvalue weighted by molar-refractivity contribution is 0.0219. The first-order valence-corrected chi connectivity index (χ1v) is 7.34. The summed E-state index contributed by atoms with van der Waals surface area (Å²) < 4.78 is 5.41. The molecule has 7 heteroatoms. The number of nitrogens with zero attached hydrogens (tertiary/aromatic N) is 4. The van der Waals surface area contributed by atoms with Crippen molar-refractivity contribution in [1.29, 1.82) is 0 Å². The first kappa shape index (κ1) is 16.2. The summed E-state index contributed by atoms with van der Waals surface area (Å²) in [5.74, 6) is 0.170. The topological polar surface area (TPSA) is 75.1 Å². The molecule has 0 saturated carbocycles. The summed E-state index contributed by atoms with van der Waals surface area (Å²) >= 11 is 0. The summed E-state index contributed by atoms with van der Waals surface area (Å²) in [6.07, 6.45) is 1.36. The van der Waals surface area contributed by atoms with Crippen LogP contribution < -0.4 is 4.90 Å². The molecule has 1 fully saturated rings. The second kappa shape index (κ2) is 6.29. The summed E-state index contributed by atoms with van der Waals surface area (Å²) in [7, 11) is 0. The number of carbonyl (C=O) groups excluding carboxylic acids is 1. The first-order valence-electron chi connectivity index (χ1n) is 7.34. The molecule has 1 aromatic heterocycles. The molecule has 22 heavy (non-hydrogen) atoms. The maximum Gasteiger partial charge on any atom is 0.410 e. The van der Waals surface area contributed by atoms with E-state index in [0.29, 0.717) is 19.6 Å². The molecule has 0 aromatic carbocycles. The third kappa shape index (κ3) is 3.93. The molecule has 0 unspecified atom stereocenters. The largest absolute Gasteiger partial charge is 0.444 e. The van der Waals surface area contributed by atoms with Crippen LogP contribution in [0.3, 0.4) is 0 Å². The minimum atomic E-state index is -0.487. The van der Waals surface area contributed by atoms with Crippen LogP contribution >= 0.6 is 0 Å². The van der Waals surface area contributed by atoms with Gasteiger partial charge in [-0.2, -0.15) is 0 Å². The normalized spacial score (nSPS) is 19.0. The third-order valence-corrected chi connectivity index (χ3v) is 3.44. The molecule has 1 amide bonds. The maximum atomic E-state index is 12.1. The van der Waals surface area contributed by atoms with Crippen molar-refractivity contribution >= 4 is 17.6 Å². The minimum absolute atomic E-state index is 0.137. The van der Waals surface area contributed by atoms with Crippen molar-refractivity contribution in [3.05, 3.63) is 23.2 Å². The summed E-state index contributed by atoms with van der Waals surface area (Å²) in [5, 5.41) is 2.80. The molecular formula is C15H22N4O3. The lowest BCUT2D eigenvalue weighted by atomic mass is 10.1. The fraction of sp³-hybridized carbons (Fsp3) is 0.600. The van der Waals surface area contributed by atoms with Crippen molar-refractivity contribution < 1.29 is 9.53 Å². The molecule has 2 rings (SSSR count). The number of ether oxygens (including phenoxy) is 1. The Hall–Kier alpha value is -2.18. The minimum Gasteiger partial charge on any atom is -0.444 e. The van der Waals surface area contributed by atoms with Gasteiger partial charge in [0.15, 0.2) is 5.82 Å². The highest BCUT2D eigenvalue weighted by atomic mass is 16.6. The summed E-state index contributed by atoms with van der Waals surface area (Å²) in [4.78, 5) is 30.4. The highest BCUT2D eigenvalue weighted by Gasteiger charge is 2.29. The second-order valence-electron chi connectivity index (χ2n) is 6.43. The van der Waals surface area contributed by atoms with Crippen LogP contribution in [0.15, 0.2) is 23.5 Å². The van der Waals surface area contributed by atoms with Gasteiger partial charge >= 0.3 is 6.09 Å². The zero-order valence-electron chi connectivity index (χ0n) is 13.4. The van der Waals surface area contributed by atoms with Crippen LogP contribution in [-0.2, 0) is 4.74 Å². The van der Waals surface area contributed by atoms with Crippen molar-refractivity contribution in [3.8, 4) is 0 Å². The molecule has 1 aliphatic heterocycles. The predicted molar refractivity (Wildman–Crippen MR) is 84.3 cm³/mol. The Morgan fingerprint density at radius 3 is 2.59 bits per heavy atom. The molecule has 120 valence electrons. The van der Waals surface area contributed by atoms with Crippen molar-refractivity contribution in [3.63, 3.8) is 0 Å².